The number of unbranched alkanes of at least 4 members (excludes halogenated alkanes) is 1. The molecular formula is C20H34F2O2. The smallest absolute Gasteiger partial charge is 0.374 e. The molecule has 0 aromatic carbocycles. The normalized spacial score (nSPS) is 31.2. The number of halogens is 2. The zero-order chi connectivity index (χ0) is 17.4. The van der Waals surface area contributed by atoms with E-state index >= 15 is 0 Å². The zero-order valence-electron chi connectivity index (χ0n) is 15.2. The molecule has 0 amide bonds. The maximum absolute atomic E-state index is 12.2. The van der Waals surface area contributed by atoms with Crippen molar-refractivity contribution < 1.29 is 18.3 Å². The van der Waals surface area contributed by atoms with Crippen LogP contribution in [0.1, 0.15) is 90.4 Å². The lowest BCUT2D eigenvalue weighted by Crippen LogP contribution is -2.27. The second-order valence-electron chi connectivity index (χ2n) is 7.99. The summed E-state index contributed by atoms with van der Waals surface area (Å²) in [7, 11) is 0. The molecule has 4 heteroatoms. The Bertz CT molecular complexity index is 357. The van der Waals surface area contributed by atoms with Crippen molar-refractivity contribution in [2.75, 3.05) is 0 Å². The van der Waals surface area contributed by atoms with Gasteiger partial charge in [0, 0.05) is 0 Å². The van der Waals surface area contributed by atoms with E-state index in [0.717, 1.165) is 37.5 Å². The van der Waals surface area contributed by atoms with Crippen LogP contribution >= 0.6 is 0 Å². The van der Waals surface area contributed by atoms with Crippen LogP contribution in [0.2, 0.25) is 0 Å². The molecule has 0 spiro atoms. The van der Waals surface area contributed by atoms with Crippen LogP contribution in [0.4, 0.5) is 8.78 Å². The molecule has 0 aromatic rings. The lowest BCUT2D eigenvalue weighted by atomic mass is 9.76. The van der Waals surface area contributed by atoms with Gasteiger partial charge in [-0.25, -0.2) is 4.79 Å². The Hall–Kier alpha value is -0.670. The van der Waals surface area contributed by atoms with Crippen LogP contribution in [0.5, 0.6) is 0 Å². The molecule has 2 aliphatic rings. The van der Waals surface area contributed by atoms with Gasteiger partial charge in [-0.2, -0.15) is 8.78 Å². The molecule has 0 saturated heterocycles. The van der Waals surface area contributed by atoms with Crippen molar-refractivity contribution >= 4 is 5.97 Å². The summed E-state index contributed by atoms with van der Waals surface area (Å²) in [4.78, 5) is 10.9. The maximum Gasteiger partial charge on any atom is 0.374 e. The summed E-state index contributed by atoms with van der Waals surface area (Å²) in [6, 6.07) is 0. The van der Waals surface area contributed by atoms with Crippen molar-refractivity contribution in [3.05, 3.63) is 0 Å². The number of esters is 1. The molecule has 0 radical (unpaired) electrons. The van der Waals surface area contributed by atoms with Gasteiger partial charge in [0.05, 0.1) is 0 Å². The van der Waals surface area contributed by atoms with Crippen molar-refractivity contribution in [2.24, 2.45) is 17.8 Å². The van der Waals surface area contributed by atoms with Crippen molar-refractivity contribution in [2.45, 2.75) is 103 Å². The third kappa shape index (κ3) is 6.68. The number of hydrogen-bond donors (Lipinski definition) is 0. The number of rotatable bonds is 8. The van der Waals surface area contributed by atoms with Crippen molar-refractivity contribution in [3.63, 3.8) is 0 Å². The standard InChI is InChI=1S/C20H34F2O2/c1-2-3-4-15-5-7-16(8-6-15)9-10-17-11-13-18(14-12-17)24-20(23)19(21)22/h15-19H,2-14H2,1H3. The molecule has 0 bridgehead atoms. The van der Waals surface area contributed by atoms with Gasteiger partial charge in [-0.05, 0) is 43.4 Å². The fourth-order valence-electron chi connectivity index (χ4n) is 4.53. The molecule has 0 unspecified atom stereocenters. The first-order valence-corrected chi connectivity index (χ1v) is 10.1. The SMILES string of the molecule is CCCCC1CCC(CCC2CCC(OC(=O)C(F)F)CC2)CC1. The minimum atomic E-state index is -2.99. The summed E-state index contributed by atoms with van der Waals surface area (Å²) in [5.74, 6) is 1.22. The lowest BCUT2D eigenvalue weighted by Gasteiger charge is -2.31. The molecule has 0 aromatic heterocycles. The van der Waals surface area contributed by atoms with Crippen molar-refractivity contribution in [1.82, 2.24) is 0 Å². The summed E-state index contributed by atoms with van der Waals surface area (Å²) in [5, 5.41) is 0. The summed E-state index contributed by atoms with van der Waals surface area (Å²) < 4.78 is 29.3. The van der Waals surface area contributed by atoms with Gasteiger partial charge in [-0.15, -0.1) is 0 Å². The number of carbonyl (C=O) groups excluding carboxylic acids is 1. The lowest BCUT2D eigenvalue weighted by molar-refractivity contribution is -0.164. The molecule has 140 valence electrons. The van der Waals surface area contributed by atoms with Crippen LogP contribution in [0.25, 0.3) is 0 Å². The predicted molar refractivity (Wildman–Crippen MR) is 92.0 cm³/mol. The fraction of sp³-hybridized carbons (Fsp3) is 0.950. The van der Waals surface area contributed by atoms with E-state index in [-0.39, 0.29) is 6.10 Å². The third-order valence-electron chi connectivity index (χ3n) is 6.17. The van der Waals surface area contributed by atoms with Crippen LogP contribution in [-0.2, 0) is 9.53 Å². The van der Waals surface area contributed by atoms with Crippen LogP contribution in [0, 0.1) is 17.8 Å². The molecule has 0 heterocycles. The Labute approximate surface area is 145 Å². The summed E-state index contributed by atoms with van der Waals surface area (Å²) >= 11 is 0. The molecule has 0 aliphatic heterocycles. The highest BCUT2D eigenvalue weighted by Gasteiger charge is 2.28. The molecule has 2 saturated carbocycles. The Morgan fingerprint density at radius 3 is 1.79 bits per heavy atom. The number of ether oxygens (including phenoxy) is 1. The van der Waals surface area contributed by atoms with E-state index < -0.39 is 12.4 Å². The highest BCUT2D eigenvalue weighted by Crippen LogP contribution is 2.37. The second kappa shape index (κ2) is 10.4. The maximum atomic E-state index is 12.2. The summed E-state index contributed by atoms with van der Waals surface area (Å²) in [6.45, 7) is 2.27. The Kier molecular flexibility index (Phi) is 8.48. The quantitative estimate of drug-likeness (QED) is 0.495. The highest BCUT2D eigenvalue weighted by atomic mass is 19.3. The van der Waals surface area contributed by atoms with Crippen molar-refractivity contribution in [3.8, 4) is 0 Å². The zero-order valence-corrected chi connectivity index (χ0v) is 15.2. The molecule has 2 aliphatic carbocycles. The first kappa shape index (κ1) is 19.7. The molecule has 0 N–H and O–H groups in total. The van der Waals surface area contributed by atoms with Crippen molar-refractivity contribution in [1.29, 1.82) is 0 Å². The molecular weight excluding hydrogens is 310 g/mol. The number of alkyl halides is 2. The first-order chi connectivity index (χ1) is 11.6. The average molecular weight is 344 g/mol. The molecule has 0 atom stereocenters. The van der Waals surface area contributed by atoms with Crippen LogP contribution < -0.4 is 0 Å². The van der Waals surface area contributed by atoms with Gasteiger partial charge in [0.15, 0.2) is 0 Å². The molecule has 2 nitrogen and oxygen atoms in total. The number of hydrogen-bond acceptors (Lipinski definition) is 2. The van der Waals surface area contributed by atoms with Gasteiger partial charge < -0.3 is 4.74 Å². The van der Waals surface area contributed by atoms with E-state index in [9.17, 15) is 13.6 Å². The number of carbonyl (C=O) groups is 1. The Morgan fingerprint density at radius 1 is 0.875 bits per heavy atom. The minimum absolute atomic E-state index is 0.281. The van der Waals surface area contributed by atoms with E-state index in [1.165, 1.54) is 57.8 Å². The summed E-state index contributed by atoms with van der Waals surface area (Å²) in [6.07, 6.45) is 12.6. The fourth-order valence-corrected chi connectivity index (χ4v) is 4.53. The van der Waals surface area contributed by atoms with E-state index in [0.29, 0.717) is 5.92 Å². The Morgan fingerprint density at radius 2 is 1.33 bits per heavy atom. The molecule has 2 fully saturated rings. The topological polar surface area (TPSA) is 26.3 Å². The predicted octanol–water partition coefficient (Wildman–Crippen LogP) is 6.13. The van der Waals surface area contributed by atoms with E-state index in [4.69, 9.17) is 4.74 Å². The van der Waals surface area contributed by atoms with Crippen LogP contribution in [0.15, 0.2) is 0 Å². The highest BCUT2D eigenvalue weighted by molar-refractivity contribution is 5.72. The summed E-state index contributed by atoms with van der Waals surface area (Å²) in [5.41, 5.74) is 0. The first-order valence-electron chi connectivity index (χ1n) is 10.1. The monoisotopic (exact) mass is 344 g/mol. The van der Waals surface area contributed by atoms with Gasteiger partial charge in [-0.1, -0.05) is 64.7 Å². The van der Waals surface area contributed by atoms with E-state index in [2.05, 4.69) is 6.92 Å². The van der Waals surface area contributed by atoms with Gasteiger partial charge >= 0.3 is 12.4 Å². The van der Waals surface area contributed by atoms with Crippen LogP contribution in [0.3, 0.4) is 0 Å². The van der Waals surface area contributed by atoms with Gasteiger partial charge in [0.25, 0.3) is 0 Å². The molecule has 2 rings (SSSR count). The van der Waals surface area contributed by atoms with E-state index in [1.54, 1.807) is 0 Å². The van der Waals surface area contributed by atoms with E-state index in [1.807, 2.05) is 0 Å². The Balaban J connectivity index is 1.56. The third-order valence-corrected chi connectivity index (χ3v) is 6.17. The van der Waals surface area contributed by atoms with Gasteiger partial charge in [0.1, 0.15) is 6.10 Å². The molecule has 24 heavy (non-hydrogen) atoms. The van der Waals surface area contributed by atoms with Gasteiger partial charge in [-0.3, -0.25) is 0 Å². The van der Waals surface area contributed by atoms with Crippen LogP contribution in [-0.4, -0.2) is 18.5 Å². The van der Waals surface area contributed by atoms with Gasteiger partial charge in [0.2, 0.25) is 0 Å². The average Bonchev–Trinajstić information content (AvgIpc) is 2.60. The minimum Gasteiger partial charge on any atom is -0.458 e. The second-order valence-corrected chi connectivity index (χ2v) is 7.99. The largest absolute Gasteiger partial charge is 0.458 e.